The smallest absolute Gasteiger partial charge is 0.233 e. The molecule has 0 N–H and O–H groups in total. The fourth-order valence-electron chi connectivity index (χ4n) is 3.59. The zero-order valence-corrected chi connectivity index (χ0v) is 26.6. The summed E-state index contributed by atoms with van der Waals surface area (Å²) in [6.45, 7) is 8.72. The van der Waals surface area contributed by atoms with E-state index in [1.807, 2.05) is 0 Å². The van der Waals surface area contributed by atoms with E-state index in [-0.39, 0.29) is 63.2 Å². The maximum absolute atomic E-state index is 10.6. The van der Waals surface area contributed by atoms with E-state index >= 15 is 0 Å². The number of benzene rings is 1. The molecule has 0 saturated carbocycles. The standard InChI is InChI=1S/C12H26S.C9H8.C6H7NO2.C3H3N.K/c1-2-3-4-5-6-7-8-9-10-11-12-13;1-2-5-9-7-3-6-8(9)4-1;1-2-7-5(8)3-4-6(7)9;1-2-3-4;/h13H,2-12H2,1H3;1-6H,7H2;2H,1,3-4H2;2H,1H2;. The predicted molar refractivity (Wildman–Crippen MR) is 158 cm³/mol. The molecule has 0 bridgehead atoms. The summed E-state index contributed by atoms with van der Waals surface area (Å²) in [4.78, 5) is 22.4. The Balaban J connectivity index is 0. The van der Waals surface area contributed by atoms with Crippen molar-refractivity contribution < 1.29 is 9.59 Å². The fourth-order valence-corrected chi connectivity index (χ4v) is 3.82. The average Bonchev–Trinajstić information content (AvgIpc) is 3.49. The molecule has 1 aliphatic carbocycles. The average molecular weight is 536 g/mol. The van der Waals surface area contributed by atoms with Crippen molar-refractivity contribution in [2.45, 2.75) is 90.4 Å². The van der Waals surface area contributed by atoms with Crippen LogP contribution in [0.5, 0.6) is 0 Å². The third kappa shape index (κ3) is 19.2. The van der Waals surface area contributed by atoms with Gasteiger partial charge in [0.15, 0.2) is 0 Å². The summed E-state index contributed by atoms with van der Waals surface area (Å²) in [6.07, 6.45) is 22.8. The van der Waals surface area contributed by atoms with Gasteiger partial charge in [-0.2, -0.15) is 17.9 Å². The second-order valence-corrected chi connectivity index (χ2v) is 8.83. The molecule has 1 saturated heterocycles. The summed E-state index contributed by atoms with van der Waals surface area (Å²) < 4.78 is 0. The number of amides is 2. The summed E-state index contributed by atoms with van der Waals surface area (Å²) in [5, 5.41) is 7.51. The Hall–Kier alpha value is -0.944. The molecule has 1 aromatic carbocycles. The van der Waals surface area contributed by atoms with Crippen molar-refractivity contribution in [1.82, 2.24) is 4.90 Å². The van der Waals surface area contributed by atoms with E-state index in [4.69, 9.17) is 5.26 Å². The normalized spacial score (nSPS) is 12.4. The number of likely N-dealkylation sites (tertiary alicyclic amines) is 1. The number of carbonyl (C=O) groups excluding carboxylic acids is 2. The number of fused-ring (bicyclic) bond motifs is 1. The molecule has 0 atom stereocenters. The zero-order chi connectivity index (χ0) is 26.2. The molecular formula is C30H44KN2O2S. The van der Waals surface area contributed by atoms with Crippen LogP contribution in [0.3, 0.4) is 0 Å². The second kappa shape index (κ2) is 27.1. The summed E-state index contributed by atoms with van der Waals surface area (Å²) in [6, 6.07) is 10.2. The monoisotopic (exact) mass is 535 g/mol. The quantitative estimate of drug-likeness (QED) is 0.104. The van der Waals surface area contributed by atoms with Gasteiger partial charge >= 0.3 is 0 Å². The van der Waals surface area contributed by atoms with Crippen molar-refractivity contribution in [3.05, 3.63) is 66.9 Å². The van der Waals surface area contributed by atoms with Crippen LogP contribution in [0.15, 0.2) is 55.8 Å². The molecule has 36 heavy (non-hydrogen) atoms. The van der Waals surface area contributed by atoms with E-state index in [1.54, 1.807) is 6.07 Å². The van der Waals surface area contributed by atoms with Gasteiger partial charge in [-0.25, -0.2) is 0 Å². The molecule has 1 heterocycles. The van der Waals surface area contributed by atoms with Gasteiger partial charge in [0.1, 0.15) is 0 Å². The van der Waals surface area contributed by atoms with Gasteiger partial charge in [0.2, 0.25) is 11.8 Å². The molecule has 0 spiro atoms. The molecule has 2 amide bonds. The first-order chi connectivity index (χ1) is 17.0. The molecule has 1 radical (unpaired) electrons. The van der Waals surface area contributed by atoms with Crippen molar-refractivity contribution >= 4 is 81.9 Å². The van der Waals surface area contributed by atoms with Gasteiger partial charge in [-0.15, -0.1) is 0 Å². The Labute approximate surface area is 268 Å². The molecule has 4 nitrogen and oxygen atoms in total. The Kier molecular flexibility index (Phi) is 28.0. The Morgan fingerprint density at radius 2 is 1.44 bits per heavy atom. The van der Waals surface area contributed by atoms with Crippen LogP contribution in [0.4, 0.5) is 0 Å². The maximum atomic E-state index is 10.6. The zero-order valence-electron chi connectivity index (χ0n) is 22.6. The van der Waals surface area contributed by atoms with Crippen LogP contribution in [0.1, 0.15) is 95.1 Å². The van der Waals surface area contributed by atoms with Gasteiger partial charge in [-0.3, -0.25) is 14.5 Å². The predicted octanol–water partition coefficient (Wildman–Crippen LogP) is 7.69. The SMILES string of the molecule is C1=Cc2ccccc2C1.C=CC#N.C=CN1C(=O)CCC1=O.CCCCCCCCCCCCS.[K]. The van der Waals surface area contributed by atoms with Crippen molar-refractivity contribution in [2.24, 2.45) is 0 Å². The van der Waals surface area contributed by atoms with Crippen molar-refractivity contribution in [3.63, 3.8) is 0 Å². The van der Waals surface area contributed by atoms with Crippen LogP contribution in [-0.2, 0) is 16.0 Å². The van der Waals surface area contributed by atoms with Gasteiger partial charge in [-0.05, 0) is 29.7 Å². The Morgan fingerprint density at radius 1 is 0.944 bits per heavy atom. The summed E-state index contributed by atoms with van der Waals surface area (Å²) in [5.74, 6) is 0.779. The minimum absolute atomic E-state index is 0. The number of imide groups is 1. The summed E-state index contributed by atoms with van der Waals surface area (Å²) in [7, 11) is 0. The van der Waals surface area contributed by atoms with Crippen LogP contribution < -0.4 is 0 Å². The molecule has 193 valence electrons. The third-order valence-electron chi connectivity index (χ3n) is 5.57. The van der Waals surface area contributed by atoms with Crippen LogP contribution in [-0.4, -0.2) is 73.9 Å². The number of nitrogens with zero attached hydrogens (tertiary/aromatic N) is 2. The molecule has 0 unspecified atom stereocenters. The number of hydrogen-bond acceptors (Lipinski definition) is 4. The minimum Gasteiger partial charge on any atom is -0.274 e. The second-order valence-electron chi connectivity index (χ2n) is 8.38. The number of thiol groups is 1. The molecule has 1 fully saturated rings. The molecular weight excluding hydrogens is 492 g/mol. The first-order valence-corrected chi connectivity index (χ1v) is 13.5. The number of nitriles is 1. The number of unbranched alkanes of at least 4 members (excludes halogenated alkanes) is 9. The third-order valence-corrected chi connectivity index (χ3v) is 5.88. The van der Waals surface area contributed by atoms with E-state index in [1.165, 1.54) is 87.6 Å². The fraction of sp³-hybridized carbons (Fsp3) is 0.500. The van der Waals surface area contributed by atoms with Crippen LogP contribution in [0.2, 0.25) is 0 Å². The van der Waals surface area contributed by atoms with Crippen molar-refractivity contribution in [3.8, 4) is 6.07 Å². The van der Waals surface area contributed by atoms with E-state index in [2.05, 4.69) is 69.1 Å². The number of hydrogen-bond donors (Lipinski definition) is 1. The van der Waals surface area contributed by atoms with Gasteiger partial charge in [-0.1, -0.05) is 114 Å². The molecule has 2 aliphatic rings. The van der Waals surface area contributed by atoms with Crippen LogP contribution in [0.25, 0.3) is 6.08 Å². The largest absolute Gasteiger partial charge is 0.274 e. The summed E-state index contributed by atoms with van der Waals surface area (Å²) >= 11 is 4.20. The van der Waals surface area contributed by atoms with E-state index in [0.29, 0.717) is 12.8 Å². The van der Waals surface area contributed by atoms with Gasteiger partial charge in [0.05, 0.1) is 6.07 Å². The minimum atomic E-state index is -0.144. The van der Waals surface area contributed by atoms with Gasteiger partial charge < -0.3 is 0 Å². The number of carbonyl (C=O) groups is 2. The summed E-state index contributed by atoms with van der Waals surface area (Å²) in [5.41, 5.74) is 2.84. The first-order valence-electron chi connectivity index (χ1n) is 12.9. The van der Waals surface area contributed by atoms with Crippen molar-refractivity contribution in [2.75, 3.05) is 5.75 Å². The Morgan fingerprint density at radius 3 is 1.86 bits per heavy atom. The van der Waals surface area contributed by atoms with Gasteiger partial charge in [0, 0.05) is 76.5 Å². The molecule has 1 aromatic rings. The molecule has 0 aromatic heterocycles. The number of allylic oxidation sites excluding steroid dienone is 2. The van der Waals surface area contributed by atoms with Crippen LogP contribution in [0, 0.1) is 11.3 Å². The Bertz CT molecular complexity index is 791. The van der Waals surface area contributed by atoms with Crippen molar-refractivity contribution in [1.29, 1.82) is 5.26 Å². The van der Waals surface area contributed by atoms with E-state index in [9.17, 15) is 9.59 Å². The molecule has 1 aliphatic heterocycles. The van der Waals surface area contributed by atoms with Crippen LogP contribution >= 0.6 is 12.6 Å². The van der Waals surface area contributed by atoms with E-state index in [0.717, 1.165) is 17.1 Å². The molecule has 3 rings (SSSR count). The number of rotatable bonds is 11. The first kappa shape index (κ1) is 37.2. The molecule has 6 heteroatoms. The topological polar surface area (TPSA) is 61.2 Å². The van der Waals surface area contributed by atoms with Gasteiger partial charge in [0.25, 0.3) is 0 Å². The van der Waals surface area contributed by atoms with E-state index < -0.39 is 0 Å². The maximum Gasteiger partial charge on any atom is 0.233 e.